The molecule has 19 heavy (non-hydrogen) atoms. The van der Waals surface area contributed by atoms with E-state index in [1.807, 2.05) is 11.8 Å². The molecule has 0 atom stereocenters. The minimum Gasteiger partial charge on any atom is -0.332 e. The van der Waals surface area contributed by atoms with Gasteiger partial charge in [-0.25, -0.2) is 4.39 Å². The summed E-state index contributed by atoms with van der Waals surface area (Å²) in [5, 5.41) is 9.28. The van der Waals surface area contributed by atoms with E-state index in [9.17, 15) is 14.5 Å². The summed E-state index contributed by atoms with van der Waals surface area (Å²) in [6.07, 6.45) is 0.461. The van der Waals surface area contributed by atoms with Crippen LogP contribution in [-0.2, 0) is 4.84 Å². The number of nitrogens with zero attached hydrogens (tertiary/aromatic N) is 2. The molecule has 0 bridgehead atoms. The van der Waals surface area contributed by atoms with Crippen molar-refractivity contribution in [2.45, 2.75) is 13.3 Å². The minimum absolute atomic E-state index is 0.0256. The van der Waals surface area contributed by atoms with Gasteiger partial charge in [-0.05, 0) is 19.1 Å². The van der Waals surface area contributed by atoms with E-state index in [1.165, 1.54) is 6.07 Å². The number of para-hydroxylation sites is 1. The fourth-order valence-corrected chi connectivity index (χ4v) is 3.05. The van der Waals surface area contributed by atoms with Crippen molar-refractivity contribution in [3.8, 4) is 0 Å². The molecule has 1 aliphatic rings. The standard InChI is InChI=1S/C12H13FN2O3S/c1-9-12(6-7-18-15(16)17)19-8-14(9)11-5-3-2-4-10(11)13/h2-5H,6-8H2,1H3. The first-order valence-corrected chi connectivity index (χ1v) is 6.70. The lowest BCUT2D eigenvalue weighted by Gasteiger charge is -2.19. The Morgan fingerprint density at radius 3 is 2.95 bits per heavy atom. The summed E-state index contributed by atoms with van der Waals surface area (Å²) in [5.41, 5.74) is 1.44. The summed E-state index contributed by atoms with van der Waals surface area (Å²) in [5.74, 6) is 0.339. The predicted molar refractivity (Wildman–Crippen MR) is 71.6 cm³/mol. The normalized spacial score (nSPS) is 14.9. The van der Waals surface area contributed by atoms with Crippen molar-refractivity contribution in [3.63, 3.8) is 0 Å². The van der Waals surface area contributed by atoms with Crippen LogP contribution in [0.3, 0.4) is 0 Å². The molecule has 0 fully saturated rings. The molecular formula is C12H13FN2O3S. The van der Waals surface area contributed by atoms with Gasteiger partial charge in [0.15, 0.2) is 0 Å². The molecule has 0 aromatic heterocycles. The predicted octanol–water partition coefficient (Wildman–Crippen LogP) is 3.17. The Labute approximate surface area is 114 Å². The molecule has 0 unspecified atom stereocenters. The summed E-state index contributed by atoms with van der Waals surface area (Å²) in [7, 11) is 0. The highest BCUT2D eigenvalue weighted by molar-refractivity contribution is 8.03. The third kappa shape index (κ3) is 3.17. The molecule has 1 aromatic rings. The van der Waals surface area contributed by atoms with Crippen LogP contribution < -0.4 is 4.90 Å². The van der Waals surface area contributed by atoms with Crippen LogP contribution in [0.5, 0.6) is 0 Å². The van der Waals surface area contributed by atoms with Crippen LogP contribution in [-0.4, -0.2) is 17.6 Å². The molecule has 2 rings (SSSR count). The van der Waals surface area contributed by atoms with Crippen LogP contribution >= 0.6 is 11.8 Å². The number of benzene rings is 1. The zero-order chi connectivity index (χ0) is 13.8. The highest BCUT2D eigenvalue weighted by atomic mass is 32.2. The van der Waals surface area contributed by atoms with Gasteiger partial charge in [-0.15, -0.1) is 21.9 Å². The number of hydrogen-bond donors (Lipinski definition) is 0. The first-order valence-electron chi connectivity index (χ1n) is 5.71. The Kier molecular flexibility index (Phi) is 4.26. The Morgan fingerprint density at radius 1 is 1.53 bits per heavy atom. The van der Waals surface area contributed by atoms with Gasteiger partial charge in [0, 0.05) is 17.0 Å². The summed E-state index contributed by atoms with van der Waals surface area (Å²) in [6.45, 7) is 1.91. The highest BCUT2D eigenvalue weighted by Crippen LogP contribution is 2.38. The Hall–Kier alpha value is -1.76. The van der Waals surface area contributed by atoms with E-state index in [4.69, 9.17) is 0 Å². The van der Waals surface area contributed by atoms with Gasteiger partial charge in [-0.2, -0.15) is 0 Å². The Morgan fingerprint density at radius 2 is 2.26 bits per heavy atom. The molecule has 5 nitrogen and oxygen atoms in total. The zero-order valence-electron chi connectivity index (χ0n) is 10.3. The molecule has 1 heterocycles. The van der Waals surface area contributed by atoms with E-state index in [0.29, 0.717) is 18.0 Å². The third-order valence-electron chi connectivity index (χ3n) is 2.85. The summed E-state index contributed by atoms with van der Waals surface area (Å²) < 4.78 is 13.7. The van der Waals surface area contributed by atoms with Crippen LogP contribution in [0.15, 0.2) is 34.9 Å². The first-order chi connectivity index (χ1) is 9.09. The second-order valence-corrected chi connectivity index (χ2v) is 5.01. The van der Waals surface area contributed by atoms with Crippen molar-refractivity contribution in [3.05, 3.63) is 50.8 Å². The zero-order valence-corrected chi connectivity index (χ0v) is 11.2. The topological polar surface area (TPSA) is 55.6 Å². The SMILES string of the molecule is CC1=C(CCO[N+](=O)[O-])SCN1c1ccccc1F. The monoisotopic (exact) mass is 284 g/mol. The molecule has 1 aromatic carbocycles. The van der Waals surface area contributed by atoms with Crippen LogP contribution in [0.1, 0.15) is 13.3 Å². The minimum atomic E-state index is -0.801. The van der Waals surface area contributed by atoms with Crippen LogP contribution in [0.2, 0.25) is 0 Å². The van der Waals surface area contributed by atoms with Crippen molar-refractivity contribution in [2.24, 2.45) is 0 Å². The molecular weight excluding hydrogens is 271 g/mol. The smallest absolute Gasteiger partial charge is 0.294 e. The van der Waals surface area contributed by atoms with Gasteiger partial charge < -0.3 is 9.74 Å². The molecule has 0 aliphatic carbocycles. The number of anilines is 1. The fraction of sp³-hybridized carbons (Fsp3) is 0.333. The number of rotatable bonds is 5. The molecule has 0 amide bonds. The van der Waals surface area contributed by atoms with Gasteiger partial charge in [0.05, 0.1) is 11.6 Å². The summed E-state index contributed by atoms with van der Waals surface area (Å²) in [6, 6.07) is 6.56. The molecule has 0 saturated carbocycles. The van der Waals surface area contributed by atoms with E-state index >= 15 is 0 Å². The van der Waals surface area contributed by atoms with E-state index < -0.39 is 5.09 Å². The van der Waals surface area contributed by atoms with Gasteiger partial charge in [-0.1, -0.05) is 12.1 Å². The third-order valence-corrected chi connectivity index (χ3v) is 4.08. The molecule has 7 heteroatoms. The highest BCUT2D eigenvalue weighted by Gasteiger charge is 2.22. The maximum atomic E-state index is 13.7. The molecule has 102 valence electrons. The van der Waals surface area contributed by atoms with Crippen molar-refractivity contribution >= 4 is 17.4 Å². The van der Waals surface area contributed by atoms with Crippen molar-refractivity contribution < 1.29 is 14.3 Å². The van der Waals surface area contributed by atoms with Gasteiger partial charge in [0.25, 0.3) is 5.09 Å². The number of allylic oxidation sites excluding steroid dienone is 1. The second-order valence-electron chi connectivity index (χ2n) is 3.97. The Bertz CT molecular complexity index is 521. The molecule has 0 radical (unpaired) electrons. The fourth-order valence-electron chi connectivity index (χ4n) is 1.88. The van der Waals surface area contributed by atoms with Gasteiger partial charge in [-0.3, -0.25) is 0 Å². The Balaban J connectivity index is 2.07. The van der Waals surface area contributed by atoms with Crippen molar-refractivity contribution in [2.75, 3.05) is 17.4 Å². The van der Waals surface area contributed by atoms with Crippen LogP contribution in [0.25, 0.3) is 0 Å². The number of halogens is 1. The summed E-state index contributed by atoms with van der Waals surface area (Å²) in [4.78, 5) is 17.2. The van der Waals surface area contributed by atoms with E-state index in [1.54, 1.807) is 30.0 Å². The molecule has 0 N–H and O–H groups in total. The maximum absolute atomic E-state index is 13.7. The van der Waals surface area contributed by atoms with Gasteiger partial charge in [0.2, 0.25) is 0 Å². The van der Waals surface area contributed by atoms with Crippen molar-refractivity contribution in [1.29, 1.82) is 0 Å². The maximum Gasteiger partial charge on any atom is 0.294 e. The lowest BCUT2D eigenvalue weighted by atomic mass is 10.2. The average Bonchev–Trinajstić information content (AvgIpc) is 2.72. The van der Waals surface area contributed by atoms with Crippen molar-refractivity contribution in [1.82, 2.24) is 0 Å². The van der Waals surface area contributed by atoms with Crippen LogP contribution in [0, 0.1) is 15.9 Å². The molecule has 1 aliphatic heterocycles. The lowest BCUT2D eigenvalue weighted by molar-refractivity contribution is -0.757. The van der Waals surface area contributed by atoms with E-state index in [-0.39, 0.29) is 12.4 Å². The number of hydrogen-bond acceptors (Lipinski definition) is 5. The molecule has 0 spiro atoms. The van der Waals surface area contributed by atoms with Crippen LogP contribution in [0.4, 0.5) is 10.1 Å². The quantitative estimate of drug-likeness (QED) is 0.614. The summed E-state index contributed by atoms with van der Waals surface area (Å²) >= 11 is 1.55. The second kappa shape index (κ2) is 5.92. The number of thioether (sulfide) groups is 1. The van der Waals surface area contributed by atoms with E-state index in [2.05, 4.69) is 4.84 Å². The van der Waals surface area contributed by atoms with E-state index in [0.717, 1.165) is 10.6 Å². The van der Waals surface area contributed by atoms with Gasteiger partial charge >= 0.3 is 0 Å². The lowest BCUT2D eigenvalue weighted by Crippen LogP contribution is -2.17. The molecule has 0 saturated heterocycles. The van der Waals surface area contributed by atoms with Gasteiger partial charge in [0.1, 0.15) is 12.4 Å². The average molecular weight is 284 g/mol. The largest absolute Gasteiger partial charge is 0.332 e. The first kappa shape index (κ1) is 13.7.